The van der Waals surface area contributed by atoms with Crippen molar-refractivity contribution in [2.75, 3.05) is 23.1 Å². The van der Waals surface area contributed by atoms with Gasteiger partial charge in [-0.15, -0.1) is 11.8 Å². The van der Waals surface area contributed by atoms with Crippen molar-refractivity contribution < 1.29 is 18.8 Å². The minimum absolute atomic E-state index is 0.0588. The van der Waals surface area contributed by atoms with Crippen molar-refractivity contribution in [2.45, 2.75) is 37.4 Å². The van der Waals surface area contributed by atoms with Gasteiger partial charge < -0.3 is 4.90 Å². The predicted molar refractivity (Wildman–Crippen MR) is 98.7 cm³/mol. The second-order valence-electron chi connectivity index (χ2n) is 7.03. The molecule has 5 nitrogen and oxygen atoms in total. The standard InChI is InChI=1S/C19H19FN2O3S/c1-19(26-3)12-8-15(13(20)9-14(12)21(2)18(19)25)22-16(23)10-6-4-5-7-11(10)17(22)24/h8-9H,4-7H2,1-3H3. The van der Waals surface area contributed by atoms with Crippen LogP contribution in [0.4, 0.5) is 15.8 Å². The number of hydrogen-bond acceptors (Lipinski definition) is 4. The van der Waals surface area contributed by atoms with E-state index in [0.717, 1.165) is 17.7 Å². The van der Waals surface area contributed by atoms with Gasteiger partial charge in [0.15, 0.2) is 0 Å². The van der Waals surface area contributed by atoms with Gasteiger partial charge in [0.25, 0.3) is 11.8 Å². The van der Waals surface area contributed by atoms with Gasteiger partial charge in [-0.3, -0.25) is 14.4 Å². The van der Waals surface area contributed by atoms with Crippen LogP contribution < -0.4 is 9.80 Å². The zero-order valence-corrected chi connectivity index (χ0v) is 15.7. The molecule has 0 N–H and O–H groups in total. The molecule has 0 saturated heterocycles. The number of thioether (sulfide) groups is 1. The van der Waals surface area contributed by atoms with Gasteiger partial charge in [-0.05, 0) is 44.9 Å². The van der Waals surface area contributed by atoms with Crippen LogP contribution in [0, 0.1) is 5.82 Å². The van der Waals surface area contributed by atoms with Gasteiger partial charge in [-0.2, -0.15) is 0 Å². The van der Waals surface area contributed by atoms with Crippen molar-refractivity contribution in [1.82, 2.24) is 0 Å². The van der Waals surface area contributed by atoms with E-state index in [4.69, 9.17) is 0 Å². The van der Waals surface area contributed by atoms with Gasteiger partial charge in [0, 0.05) is 29.8 Å². The van der Waals surface area contributed by atoms with Crippen LogP contribution in [0.5, 0.6) is 0 Å². The summed E-state index contributed by atoms with van der Waals surface area (Å²) in [7, 11) is 1.61. The molecule has 0 fully saturated rings. The molecule has 1 aromatic rings. The monoisotopic (exact) mass is 374 g/mol. The summed E-state index contributed by atoms with van der Waals surface area (Å²) < 4.78 is 14.0. The van der Waals surface area contributed by atoms with Crippen LogP contribution in [0.2, 0.25) is 0 Å². The number of rotatable bonds is 2. The number of carbonyl (C=O) groups is 3. The Hall–Kier alpha value is -2.15. The van der Waals surface area contributed by atoms with Crippen LogP contribution in [-0.4, -0.2) is 31.0 Å². The van der Waals surface area contributed by atoms with Crippen molar-refractivity contribution in [1.29, 1.82) is 0 Å². The molecule has 2 aliphatic heterocycles. The SMILES string of the molecule is CSC1(C)C(=O)N(C)c2cc(F)c(N3C(=O)C4=C(CCCC4)C3=O)cc21. The van der Waals surface area contributed by atoms with E-state index in [1.54, 1.807) is 14.0 Å². The van der Waals surface area contributed by atoms with Crippen LogP contribution in [0.25, 0.3) is 0 Å². The highest BCUT2D eigenvalue weighted by molar-refractivity contribution is 8.00. The number of carbonyl (C=O) groups excluding carboxylic acids is 3. The third kappa shape index (κ3) is 2.06. The molecule has 4 rings (SSSR count). The second-order valence-corrected chi connectivity index (χ2v) is 8.26. The van der Waals surface area contributed by atoms with Crippen LogP contribution >= 0.6 is 11.8 Å². The zero-order valence-electron chi connectivity index (χ0n) is 14.9. The Morgan fingerprint density at radius 1 is 1.04 bits per heavy atom. The Labute approximate surface area is 155 Å². The summed E-state index contributed by atoms with van der Waals surface area (Å²) in [5, 5.41) is 0. The lowest BCUT2D eigenvalue weighted by Gasteiger charge is -2.22. The maximum absolute atomic E-state index is 14.9. The van der Waals surface area contributed by atoms with E-state index in [2.05, 4.69) is 0 Å². The zero-order chi connectivity index (χ0) is 18.8. The molecule has 2 heterocycles. The summed E-state index contributed by atoms with van der Waals surface area (Å²) in [6.45, 7) is 1.78. The molecule has 1 atom stereocenters. The van der Waals surface area contributed by atoms with Crippen LogP contribution in [-0.2, 0) is 19.1 Å². The molecule has 1 aromatic carbocycles. The smallest absolute Gasteiger partial charge is 0.261 e. The normalized spacial score (nSPS) is 25.3. The number of halogens is 1. The maximum Gasteiger partial charge on any atom is 0.261 e. The van der Waals surface area contributed by atoms with Crippen LogP contribution in [0.15, 0.2) is 23.3 Å². The summed E-state index contributed by atoms with van der Waals surface area (Å²) in [6.07, 6.45) is 4.67. The van der Waals surface area contributed by atoms with Crippen molar-refractivity contribution in [3.8, 4) is 0 Å². The highest BCUT2D eigenvalue weighted by atomic mass is 32.2. The Bertz CT molecular complexity index is 882. The van der Waals surface area contributed by atoms with Gasteiger partial charge in [0.2, 0.25) is 5.91 Å². The highest BCUT2D eigenvalue weighted by Gasteiger charge is 2.48. The van der Waals surface area contributed by atoms with E-state index in [1.165, 1.54) is 28.8 Å². The van der Waals surface area contributed by atoms with Crippen molar-refractivity contribution in [2.24, 2.45) is 0 Å². The van der Waals surface area contributed by atoms with E-state index in [9.17, 15) is 18.8 Å². The fraction of sp³-hybridized carbons (Fsp3) is 0.421. The summed E-state index contributed by atoms with van der Waals surface area (Å²) in [4.78, 5) is 40.5. The molecule has 0 spiro atoms. The molecule has 3 amide bonds. The number of imide groups is 1. The minimum Gasteiger partial charge on any atom is -0.314 e. The fourth-order valence-electron chi connectivity index (χ4n) is 4.08. The quantitative estimate of drug-likeness (QED) is 0.747. The molecule has 0 radical (unpaired) electrons. The van der Waals surface area contributed by atoms with Crippen LogP contribution in [0.1, 0.15) is 38.2 Å². The summed E-state index contributed by atoms with van der Waals surface area (Å²) in [5.41, 5.74) is 2.07. The fourth-order valence-corrected chi connectivity index (χ4v) is 4.78. The van der Waals surface area contributed by atoms with E-state index in [0.29, 0.717) is 35.2 Å². The molecule has 0 saturated carbocycles. The van der Waals surface area contributed by atoms with E-state index >= 15 is 0 Å². The van der Waals surface area contributed by atoms with Gasteiger partial charge >= 0.3 is 0 Å². The van der Waals surface area contributed by atoms with E-state index in [-0.39, 0.29) is 11.6 Å². The minimum atomic E-state index is -0.870. The van der Waals surface area contributed by atoms with Crippen LogP contribution in [0.3, 0.4) is 0 Å². The topological polar surface area (TPSA) is 57.7 Å². The molecule has 26 heavy (non-hydrogen) atoms. The number of likely N-dealkylation sites (N-methyl/N-ethyl adjacent to an activating group) is 1. The molecule has 0 bridgehead atoms. The number of hydrogen-bond donors (Lipinski definition) is 0. The molecule has 1 aliphatic carbocycles. The van der Waals surface area contributed by atoms with Crippen molar-refractivity contribution in [3.63, 3.8) is 0 Å². The third-order valence-electron chi connectivity index (χ3n) is 5.69. The molecular weight excluding hydrogens is 355 g/mol. The average Bonchev–Trinajstić information content (AvgIpc) is 3.00. The van der Waals surface area contributed by atoms with Gasteiger partial charge in [0.1, 0.15) is 10.6 Å². The number of fused-ring (bicyclic) bond motifs is 1. The lowest BCUT2D eigenvalue weighted by atomic mass is 9.93. The third-order valence-corrected chi connectivity index (χ3v) is 6.90. The van der Waals surface area contributed by atoms with Crippen molar-refractivity contribution >= 4 is 40.9 Å². The lowest BCUT2D eigenvalue weighted by Crippen LogP contribution is -2.33. The first-order valence-corrected chi connectivity index (χ1v) is 9.82. The maximum atomic E-state index is 14.9. The average molecular weight is 374 g/mol. The van der Waals surface area contributed by atoms with E-state index in [1.807, 2.05) is 6.26 Å². The van der Waals surface area contributed by atoms with Gasteiger partial charge in [-0.25, -0.2) is 9.29 Å². The first-order valence-electron chi connectivity index (χ1n) is 8.59. The second kappa shape index (κ2) is 5.67. The Morgan fingerprint density at radius 3 is 2.15 bits per heavy atom. The lowest BCUT2D eigenvalue weighted by molar-refractivity contribution is -0.121. The molecule has 0 aromatic heterocycles. The number of anilines is 2. The van der Waals surface area contributed by atoms with Gasteiger partial charge in [-0.1, -0.05) is 0 Å². The molecule has 1 unspecified atom stereocenters. The van der Waals surface area contributed by atoms with E-state index < -0.39 is 22.4 Å². The van der Waals surface area contributed by atoms with Gasteiger partial charge in [0.05, 0.1) is 11.4 Å². The summed E-state index contributed by atoms with van der Waals surface area (Å²) >= 11 is 1.36. The molecule has 3 aliphatic rings. The van der Waals surface area contributed by atoms with Crippen molar-refractivity contribution in [3.05, 3.63) is 34.7 Å². The Morgan fingerprint density at radius 2 is 1.62 bits per heavy atom. The number of nitrogens with zero attached hydrogens (tertiary/aromatic N) is 2. The molecular formula is C19H19FN2O3S. The summed E-state index contributed by atoms with van der Waals surface area (Å²) in [5.74, 6) is -1.66. The number of benzene rings is 1. The summed E-state index contributed by atoms with van der Waals surface area (Å²) in [6, 6.07) is 2.75. The Kier molecular flexibility index (Phi) is 3.77. The number of amides is 3. The largest absolute Gasteiger partial charge is 0.314 e. The highest BCUT2D eigenvalue weighted by Crippen LogP contribution is 2.49. The first-order chi connectivity index (χ1) is 12.3. The first kappa shape index (κ1) is 17.3. The molecule has 136 valence electrons. The Balaban J connectivity index is 1.85. The predicted octanol–water partition coefficient (Wildman–Crippen LogP) is 3.12. The molecule has 7 heteroatoms.